The molecule has 36 heavy (non-hydrogen) atoms. The van der Waals surface area contributed by atoms with Gasteiger partial charge in [0.15, 0.2) is 17.2 Å². The monoisotopic (exact) mass is 475 g/mol. The van der Waals surface area contributed by atoms with E-state index in [2.05, 4.69) is 35.6 Å². The highest BCUT2D eigenvalue weighted by molar-refractivity contribution is 6.06. The number of hydrogen-bond acceptors (Lipinski definition) is 8. The second-order valence-corrected chi connectivity index (χ2v) is 8.12. The highest BCUT2D eigenvalue weighted by atomic mass is 16.1. The lowest BCUT2D eigenvalue weighted by Gasteiger charge is -2.11. The Labute approximate surface area is 206 Å². The van der Waals surface area contributed by atoms with Crippen molar-refractivity contribution in [1.82, 2.24) is 24.9 Å². The van der Waals surface area contributed by atoms with Crippen LogP contribution in [0.1, 0.15) is 27.3 Å². The van der Waals surface area contributed by atoms with Crippen molar-refractivity contribution in [3.05, 3.63) is 89.8 Å². The Kier molecular flexibility index (Phi) is 5.95. The van der Waals surface area contributed by atoms with E-state index in [-0.39, 0.29) is 17.2 Å². The van der Waals surface area contributed by atoms with Gasteiger partial charge < -0.3 is 21.4 Å². The number of carbonyl (C=O) groups is 1. The molecule has 5 N–H and O–H groups in total. The van der Waals surface area contributed by atoms with Gasteiger partial charge in [0.05, 0.1) is 11.6 Å². The normalized spacial score (nSPS) is 10.7. The number of nitrogens with zero attached hydrogens (tertiary/aromatic N) is 5. The molecule has 0 atom stereocenters. The first-order valence-corrected chi connectivity index (χ1v) is 11.1. The van der Waals surface area contributed by atoms with Gasteiger partial charge in [0.25, 0.3) is 5.91 Å². The molecular weight excluding hydrogens is 454 g/mol. The number of aromatic amines is 1. The summed E-state index contributed by atoms with van der Waals surface area (Å²) in [5.41, 5.74) is 11.4. The van der Waals surface area contributed by atoms with Crippen molar-refractivity contribution in [2.75, 3.05) is 16.4 Å². The fourth-order valence-corrected chi connectivity index (χ4v) is 3.76. The summed E-state index contributed by atoms with van der Waals surface area (Å²) in [7, 11) is 0. The summed E-state index contributed by atoms with van der Waals surface area (Å²) in [6, 6.07) is 17.2. The second kappa shape index (κ2) is 9.52. The number of rotatable bonds is 6. The molecule has 0 radical (unpaired) electrons. The molecule has 0 fully saturated rings. The fraction of sp³-hybridized carbons (Fsp3) is 0.0769. The SMILES string of the molecule is Cc1ccc(NC(=O)c2nc(C#N)cnc2NCc2ccc(-c3c[nH]c4ncnc(N)c34)cc2)cc1. The molecule has 0 unspecified atom stereocenters. The van der Waals surface area contributed by atoms with Crippen molar-refractivity contribution in [2.45, 2.75) is 13.5 Å². The van der Waals surface area contributed by atoms with Crippen LogP contribution in [-0.4, -0.2) is 30.8 Å². The van der Waals surface area contributed by atoms with E-state index in [1.54, 1.807) is 12.1 Å². The predicted octanol–water partition coefficient (Wildman–Crippen LogP) is 4.04. The van der Waals surface area contributed by atoms with Crippen LogP contribution in [0, 0.1) is 18.3 Å². The molecule has 10 heteroatoms. The summed E-state index contributed by atoms with van der Waals surface area (Å²) >= 11 is 0. The zero-order valence-electron chi connectivity index (χ0n) is 19.3. The summed E-state index contributed by atoms with van der Waals surface area (Å²) in [5, 5.41) is 16.0. The minimum atomic E-state index is -0.458. The van der Waals surface area contributed by atoms with Gasteiger partial charge >= 0.3 is 0 Å². The van der Waals surface area contributed by atoms with Crippen LogP contribution in [0.5, 0.6) is 0 Å². The van der Waals surface area contributed by atoms with E-state index in [0.717, 1.165) is 27.6 Å². The third-order valence-corrected chi connectivity index (χ3v) is 5.64. The van der Waals surface area contributed by atoms with Gasteiger partial charge in [-0.3, -0.25) is 4.79 Å². The third kappa shape index (κ3) is 4.53. The van der Waals surface area contributed by atoms with Crippen molar-refractivity contribution < 1.29 is 4.79 Å². The van der Waals surface area contributed by atoms with Crippen molar-refractivity contribution in [3.8, 4) is 17.2 Å². The Morgan fingerprint density at radius 1 is 1.08 bits per heavy atom. The first-order chi connectivity index (χ1) is 17.5. The highest BCUT2D eigenvalue weighted by Gasteiger charge is 2.17. The van der Waals surface area contributed by atoms with Gasteiger partial charge in [-0.15, -0.1) is 0 Å². The Hall–Kier alpha value is -5.30. The minimum absolute atomic E-state index is 0.0421. The van der Waals surface area contributed by atoms with E-state index in [1.165, 1.54) is 12.5 Å². The second-order valence-electron chi connectivity index (χ2n) is 8.12. The van der Waals surface area contributed by atoms with Crippen LogP contribution >= 0.6 is 0 Å². The lowest BCUT2D eigenvalue weighted by Crippen LogP contribution is -2.18. The number of H-pyrrole nitrogens is 1. The molecular formula is C26H21N9O. The summed E-state index contributed by atoms with van der Waals surface area (Å²) in [4.78, 5) is 32.8. The van der Waals surface area contributed by atoms with Crippen LogP contribution in [0.2, 0.25) is 0 Å². The number of fused-ring (bicyclic) bond motifs is 1. The lowest BCUT2D eigenvalue weighted by atomic mass is 10.0. The molecule has 0 aliphatic carbocycles. The quantitative estimate of drug-likeness (QED) is 0.286. The molecule has 3 aromatic heterocycles. The zero-order valence-corrected chi connectivity index (χ0v) is 19.3. The molecule has 10 nitrogen and oxygen atoms in total. The molecule has 176 valence electrons. The van der Waals surface area contributed by atoms with Crippen molar-refractivity contribution >= 4 is 34.3 Å². The number of carbonyl (C=O) groups excluding carboxylic acids is 1. The number of aryl methyl sites for hydroxylation is 1. The van der Waals surface area contributed by atoms with E-state index >= 15 is 0 Å². The maximum absolute atomic E-state index is 12.9. The Morgan fingerprint density at radius 2 is 1.86 bits per heavy atom. The molecule has 0 aliphatic rings. The number of benzene rings is 2. The van der Waals surface area contributed by atoms with Gasteiger partial charge in [0, 0.05) is 24.0 Å². The zero-order chi connectivity index (χ0) is 25.1. The molecule has 0 saturated carbocycles. The molecule has 5 rings (SSSR count). The van der Waals surface area contributed by atoms with Crippen LogP contribution in [-0.2, 0) is 6.54 Å². The first-order valence-electron chi connectivity index (χ1n) is 11.1. The molecule has 0 saturated heterocycles. The molecule has 3 heterocycles. The number of nitrogen functional groups attached to an aromatic ring is 1. The smallest absolute Gasteiger partial charge is 0.278 e. The van der Waals surface area contributed by atoms with Crippen LogP contribution in [0.25, 0.3) is 22.2 Å². The number of nitriles is 1. The van der Waals surface area contributed by atoms with Crippen LogP contribution < -0.4 is 16.4 Å². The average Bonchev–Trinajstić information content (AvgIpc) is 3.34. The average molecular weight is 476 g/mol. The van der Waals surface area contributed by atoms with Crippen LogP contribution in [0.4, 0.5) is 17.3 Å². The number of aromatic nitrogens is 5. The molecule has 5 aromatic rings. The van der Waals surface area contributed by atoms with Crippen LogP contribution in [0.3, 0.4) is 0 Å². The number of anilines is 3. The maximum Gasteiger partial charge on any atom is 0.278 e. The number of nitrogens with two attached hydrogens (primary N) is 1. The van der Waals surface area contributed by atoms with Crippen molar-refractivity contribution in [3.63, 3.8) is 0 Å². The molecule has 2 aromatic carbocycles. The maximum atomic E-state index is 12.9. The van der Waals surface area contributed by atoms with Crippen molar-refractivity contribution in [1.29, 1.82) is 5.26 Å². The van der Waals surface area contributed by atoms with Crippen LogP contribution in [0.15, 0.2) is 67.3 Å². The van der Waals surface area contributed by atoms with Gasteiger partial charge in [0.2, 0.25) is 0 Å². The van der Waals surface area contributed by atoms with Gasteiger partial charge in [-0.2, -0.15) is 5.26 Å². The Morgan fingerprint density at radius 3 is 2.61 bits per heavy atom. The lowest BCUT2D eigenvalue weighted by molar-refractivity contribution is 0.102. The van der Waals surface area contributed by atoms with Gasteiger partial charge in [-0.05, 0) is 30.2 Å². The van der Waals surface area contributed by atoms with E-state index in [9.17, 15) is 10.1 Å². The largest absolute Gasteiger partial charge is 0.383 e. The minimum Gasteiger partial charge on any atom is -0.383 e. The topological polar surface area (TPSA) is 158 Å². The molecule has 0 spiro atoms. The van der Waals surface area contributed by atoms with E-state index < -0.39 is 5.91 Å². The summed E-state index contributed by atoms with van der Waals surface area (Å²) < 4.78 is 0. The number of nitrogens with one attached hydrogen (secondary N) is 3. The summed E-state index contributed by atoms with van der Waals surface area (Å²) in [5.74, 6) is 0.238. The number of hydrogen-bond donors (Lipinski definition) is 4. The Balaban J connectivity index is 1.34. The molecule has 0 aliphatic heterocycles. The fourth-order valence-electron chi connectivity index (χ4n) is 3.76. The summed E-state index contributed by atoms with van der Waals surface area (Å²) in [6.45, 7) is 2.36. The third-order valence-electron chi connectivity index (χ3n) is 5.64. The van der Waals surface area contributed by atoms with Gasteiger partial charge in [-0.25, -0.2) is 19.9 Å². The number of amides is 1. The van der Waals surface area contributed by atoms with E-state index in [1.807, 2.05) is 55.6 Å². The molecule has 1 amide bonds. The van der Waals surface area contributed by atoms with Crippen molar-refractivity contribution in [2.24, 2.45) is 0 Å². The Bertz CT molecular complexity index is 1600. The summed E-state index contributed by atoms with van der Waals surface area (Å²) in [6.07, 6.45) is 4.61. The standard InChI is InChI=1S/C26H21N9O/c1-15-2-8-18(9-3-15)35-26(36)22-25(30-12-19(10-27)34-22)29-11-16-4-6-17(7-5-16)20-13-31-24-21(20)23(28)32-14-33-24/h2-9,12-14H,11H2,1H3,(H,29,30)(H,35,36)(H3,28,31,32,33). The predicted molar refractivity (Wildman–Crippen MR) is 137 cm³/mol. The van der Waals surface area contributed by atoms with E-state index in [4.69, 9.17) is 5.73 Å². The highest BCUT2D eigenvalue weighted by Crippen LogP contribution is 2.30. The van der Waals surface area contributed by atoms with Gasteiger partial charge in [0.1, 0.15) is 23.9 Å². The van der Waals surface area contributed by atoms with Gasteiger partial charge in [-0.1, -0.05) is 42.0 Å². The van der Waals surface area contributed by atoms with E-state index in [0.29, 0.717) is 23.7 Å². The first kappa shape index (κ1) is 22.5. The molecule has 0 bridgehead atoms.